The van der Waals surface area contributed by atoms with Crippen molar-refractivity contribution < 1.29 is 9.90 Å². The molecule has 20 heavy (non-hydrogen) atoms. The Morgan fingerprint density at radius 1 is 1.35 bits per heavy atom. The molecule has 0 spiro atoms. The van der Waals surface area contributed by atoms with E-state index in [2.05, 4.69) is 19.2 Å². The highest BCUT2D eigenvalue weighted by Gasteiger charge is 2.30. The molecule has 2 atom stereocenters. The van der Waals surface area contributed by atoms with Crippen molar-refractivity contribution in [2.75, 3.05) is 19.6 Å². The monoisotopic (exact) mass is 284 g/mol. The van der Waals surface area contributed by atoms with Crippen LogP contribution in [0.1, 0.15) is 53.9 Å². The largest absolute Gasteiger partial charge is 0.392 e. The first kappa shape index (κ1) is 17.4. The van der Waals surface area contributed by atoms with Crippen LogP contribution in [0.25, 0.3) is 0 Å². The van der Waals surface area contributed by atoms with E-state index in [9.17, 15) is 9.90 Å². The lowest BCUT2D eigenvalue weighted by Crippen LogP contribution is -2.49. The number of carbonyl (C=O) groups is 1. The number of likely N-dealkylation sites (tertiary alicyclic amines) is 1. The average molecular weight is 284 g/mol. The molecule has 0 aliphatic carbocycles. The predicted molar refractivity (Wildman–Crippen MR) is 82.5 cm³/mol. The summed E-state index contributed by atoms with van der Waals surface area (Å²) in [5, 5.41) is 13.4. The maximum Gasteiger partial charge on any atom is 0.227 e. The summed E-state index contributed by atoms with van der Waals surface area (Å²) in [4.78, 5) is 14.2. The zero-order valence-electron chi connectivity index (χ0n) is 13.8. The van der Waals surface area contributed by atoms with E-state index < -0.39 is 0 Å². The highest BCUT2D eigenvalue weighted by atomic mass is 16.3. The van der Waals surface area contributed by atoms with E-state index in [4.69, 9.17) is 0 Å². The third kappa shape index (κ3) is 5.06. The third-order valence-electron chi connectivity index (χ3n) is 4.34. The molecule has 2 N–H and O–H groups in total. The SMILES string of the molecule is CCC(C)C(O)CNC1CCN(C(=O)C(C)(C)C)CC1. The van der Waals surface area contributed by atoms with Gasteiger partial charge in [0.15, 0.2) is 0 Å². The van der Waals surface area contributed by atoms with Crippen LogP contribution in [0.2, 0.25) is 0 Å². The lowest BCUT2D eigenvalue weighted by atomic mass is 9.93. The maximum absolute atomic E-state index is 12.2. The second kappa shape index (κ2) is 7.41. The van der Waals surface area contributed by atoms with Gasteiger partial charge in [-0.1, -0.05) is 41.0 Å². The number of nitrogens with one attached hydrogen (secondary N) is 1. The highest BCUT2D eigenvalue weighted by Crippen LogP contribution is 2.21. The van der Waals surface area contributed by atoms with Crippen LogP contribution in [0.15, 0.2) is 0 Å². The fraction of sp³-hybridized carbons (Fsp3) is 0.938. The Hall–Kier alpha value is -0.610. The molecule has 2 unspecified atom stereocenters. The van der Waals surface area contributed by atoms with Crippen molar-refractivity contribution in [3.8, 4) is 0 Å². The number of piperidine rings is 1. The molecule has 4 heteroatoms. The number of aliphatic hydroxyl groups is 1. The molecule has 0 bridgehead atoms. The number of amides is 1. The van der Waals surface area contributed by atoms with Gasteiger partial charge in [0, 0.05) is 31.1 Å². The summed E-state index contributed by atoms with van der Waals surface area (Å²) in [6.45, 7) is 12.4. The summed E-state index contributed by atoms with van der Waals surface area (Å²) < 4.78 is 0. The van der Waals surface area contributed by atoms with E-state index in [1.165, 1.54) is 0 Å². The Labute approximate surface area is 123 Å². The molecule has 1 amide bonds. The van der Waals surface area contributed by atoms with Crippen molar-refractivity contribution in [2.45, 2.75) is 66.0 Å². The van der Waals surface area contributed by atoms with E-state index in [0.29, 0.717) is 18.5 Å². The molecule has 1 rings (SSSR count). The number of hydrogen-bond acceptors (Lipinski definition) is 3. The Balaban J connectivity index is 2.31. The number of rotatable bonds is 5. The number of aliphatic hydroxyl groups excluding tert-OH is 1. The summed E-state index contributed by atoms with van der Waals surface area (Å²) in [5.41, 5.74) is -0.285. The number of hydrogen-bond donors (Lipinski definition) is 2. The van der Waals surface area contributed by atoms with Crippen molar-refractivity contribution in [3.05, 3.63) is 0 Å². The fourth-order valence-electron chi connectivity index (χ4n) is 2.52. The Bertz CT molecular complexity index is 304. The lowest BCUT2D eigenvalue weighted by Gasteiger charge is -2.36. The second-order valence-electron chi connectivity index (χ2n) is 7.18. The van der Waals surface area contributed by atoms with E-state index in [1.54, 1.807) is 0 Å². The molecule has 1 saturated heterocycles. The Kier molecular flexibility index (Phi) is 6.46. The van der Waals surface area contributed by atoms with Gasteiger partial charge in [0.2, 0.25) is 5.91 Å². The van der Waals surface area contributed by atoms with Gasteiger partial charge < -0.3 is 15.3 Å². The molecule has 0 aromatic carbocycles. The van der Waals surface area contributed by atoms with Gasteiger partial charge in [0.25, 0.3) is 0 Å². The number of carbonyl (C=O) groups excluding carboxylic acids is 1. The van der Waals surface area contributed by atoms with Crippen LogP contribution in [0.5, 0.6) is 0 Å². The van der Waals surface area contributed by atoms with E-state index in [-0.39, 0.29) is 17.4 Å². The van der Waals surface area contributed by atoms with Crippen molar-refractivity contribution in [1.29, 1.82) is 0 Å². The Morgan fingerprint density at radius 2 is 1.90 bits per heavy atom. The van der Waals surface area contributed by atoms with Crippen molar-refractivity contribution >= 4 is 5.91 Å². The highest BCUT2D eigenvalue weighted by molar-refractivity contribution is 5.81. The minimum atomic E-state index is -0.285. The quantitative estimate of drug-likeness (QED) is 0.812. The van der Waals surface area contributed by atoms with Crippen LogP contribution in [-0.4, -0.2) is 47.7 Å². The number of nitrogens with zero attached hydrogens (tertiary/aromatic N) is 1. The van der Waals surface area contributed by atoms with E-state index in [1.807, 2.05) is 25.7 Å². The van der Waals surface area contributed by atoms with Crippen molar-refractivity contribution in [3.63, 3.8) is 0 Å². The molecular formula is C16H32N2O2. The van der Waals surface area contributed by atoms with Crippen molar-refractivity contribution in [2.24, 2.45) is 11.3 Å². The van der Waals surface area contributed by atoms with Gasteiger partial charge in [0.1, 0.15) is 0 Å². The van der Waals surface area contributed by atoms with Crippen LogP contribution in [-0.2, 0) is 4.79 Å². The second-order valence-corrected chi connectivity index (χ2v) is 7.18. The van der Waals surface area contributed by atoms with Crippen molar-refractivity contribution in [1.82, 2.24) is 10.2 Å². The zero-order chi connectivity index (χ0) is 15.3. The average Bonchev–Trinajstić information content (AvgIpc) is 2.42. The minimum absolute atomic E-state index is 0.246. The van der Waals surface area contributed by atoms with Gasteiger partial charge in [-0.15, -0.1) is 0 Å². The van der Waals surface area contributed by atoms with E-state index >= 15 is 0 Å². The molecule has 1 aliphatic rings. The molecule has 1 fully saturated rings. The fourth-order valence-corrected chi connectivity index (χ4v) is 2.52. The van der Waals surface area contributed by atoms with Gasteiger partial charge >= 0.3 is 0 Å². The Morgan fingerprint density at radius 3 is 2.35 bits per heavy atom. The smallest absolute Gasteiger partial charge is 0.227 e. The maximum atomic E-state index is 12.2. The first-order valence-electron chi connectivity index (χ1n) is 7.96. The summed E-state index contributed by atoms with van der Waals surface area (Å²) in [5.74, 6) is 0.584. The minimum Gasteiger partial charge on any atom is -0.392 e. The first-order valence-corrected chi connectivity index (χ1v) is 7.96. The summed E-state index contributed by atoms with van der Waals surface area (Å²) in [6.07, 6.45) is 2.69. The molecule has 1 aliphatic heterocycles. The summed E-state index contributed by atoms with van der Waals surface area (Å²) in [7, 11) is 0. The molecule has 0 radical (unpaired) electrons. The first-order chi connectivity index (χ1) is 9.25. The molecule has 0 aromatic rings. The standard InChI is InChI=1S/C16H32N2O2/c1-6-12(2)14(19)11-17-13-7-9-18(10-8-13)15(20)16(3,4)5/h12-14,17,19H,6-11H2,1-5H3. The molecule has 0 saturated carbocycles. The predicted octanol–water partition coefficient (Wildman–Crippen LogP) is 2.02. The summed E-state index contributed by atoms with van der Waals surface area (Å²) >= 11 is 0. The van der Waals surface area contributed by atoms with Gasteiger partial charge in [-0.05, 0) is 18.8 Å². The molecular weight excluding hydrogens is 252 g/mol. The lowest BCUT2D eigenvalue weighted by molar-refractivity contribution is -0.140. The molecule has 118 valence electrons. The van der Waals surface area contributed by atoms with Gasteiger partial charge in [-0.3, -0.25) is 4.79 Å². The van der Waals surface area contributed by atoms with Crippen LogP contribution in [0.3, 0.4) is 0 Å². The van der Waals surface area contributed by atoms with Gasteiger partial charge in [0.05, 0.1) is 6.10 Å². The van der Waals surface area contributed by atoms with Gasteiger partial charge in [-0.25, -0.2) is 0 Å². The van der Waals surface area contributed by atoms with Crippen LogP contribution in [0.4, 0.5) is 0 Å². The third-order valence-corrected chi connectivity index (χ3v) is 4.34. The molecule has 0 aromatic heterocycles. The van der Waals surface area contributed by atoms with Crippen LogP contribution in [0, 0.1) is 11.3 Å². The molecule has 1 heterocycles. The summed E-state index contributed by atoms with van der Waals surface area (Å²) in [6, 6.07) is 0.428. The van der Waals surface area contributed by atoms with Crippen LogP contribution < -0.4 is 5.32 Å². The topological polar surface area (TPSA) is 52.6 Å². The zero-order valence-corrected chi connectivity index (χ0v) is 13.8. The van der Waals surface area contributed by atoms with Crippen LogP contribution >= 0.6 is 0 Å². The van der Waals surface area contributed by atoms with E-state index in [0.717, 1.165) is 32.4 Å². The normalized spacial score (nSPS) is 20.8. The van der Waals surface area contributed by atoms with Gasteiger partial charge in [-0.2, -0.15) is 0 Å². The molecule has 4 nitrogen and oxygen atoms in total.